The molecule has 2 rings (SSSR count). The van der Waals surface area contributed by atoms with Gasteiger partial charge < -0.3 is 10.5 Å². The minimum Gasteiger partial charge on any atom is -0.457 e. The normalized spacial score (nSPS) is 10.1. The van der Waals surface area contributed by atoms with E-state index in [1.807, 2.05) is 36.4 Å². The molecule has 0 unspecified atom stereocenters. The molecule has 0 fully saturated rings. The van der Waals surface area contributed by atoms with Gasteiger partial charge in [-0.2, -0.15) is 0 Å². The third-order valence-corrected chi connectivity index (χ3v) is 2.64. The second-order valence-electron chi connectivity index (χ2n) is 3.87. The Morgan fingerprint density at radius 1 is 1.00 bits per heavy atom. The van der Waals surface area contributed by atoms with Crippen LogP contribution in [0.2, 0.25) is 0 Å². The van der Waals surface area contributed by atoms with Gasteiger partial charge in [-0.05, 0) is 43.2 Å². The maximum Gasteiger partial charge on any atom is 0.130 e. The molecule has 0 bridgehead atoms. The fourth-order valence-corrected chi connectivity index (χ4v) is 1.54. The molecule has 0 saturated heterocycles. The first-order valence-corrected chi connectivity index (χ1v) is 5.26. The van der Waals surface area contributed by atoms with E-state index in [0.717, 1.165) is 17.1 Å². The summed E-state index contributed by atoms with van der Waals surface area (Å²) < 4.78 is 5.79. The lowest BCUT2D eigenvalue weighted by Gasteiger charge is -2.10. The Morgan fingerprint density at radius 3 is 2.50 bits per heavy atom. The molecular weight excluding hydrogens is 198 g/mol. The van der Waals surface area contributed by atoms with E-state index in [4.69, 9.17) is 10.5 Å². The Labute approximate surface area is 95.7 Å². The van der Waals surface area contributed by atoms with Crippen molar-refractivity contribution in [3.63, 3.8) is 0 Å². The van der Waals surface area contributed by atoms with Crippen molar-refractivity contribution in [3.05, 3.63) is 53.6 Å². The van der Waals surface area contributed by atoms with Crippen LogP contribution in [0.15, 0.2) is 42.5 Å². The fraction of sp³-hybridized carbons (Fsp3) is 0.143. The number of rotatable bonds is 2. The van der Waals surface area contributed by atoms with Gasteiger partial charge >= 0.3 is 0 Å². The number of nitrogen functional groups attached to an aromatic ring is 1. The molecule has 0 radical (unpaired) electrons. The van der Waals surface area contributed by atoms with Crippen molar-refractivity contribution < 1.29 is 4.74 Å². The maximum absolute atomic E-state index is 5.79. The molecule has 2 nitrogen and oxygen atoms in total. The van der Waals surface area contributed by atoms with Crippen molar-refractivity contribution in [2.24, 2.45) is 0 Å². The number of nitrogens with two attached hydrogens (primary N) is 1. The lowest BCUT2D eigenvalue weighted by atomic mass is 10.1. The summed E-state index contributed by atoms with van der Waals surface area (Å²) in [7, 11) is 0. The highest BCUT2D eigenvalue weighted by atomic mass is 16.5. The summed E-state index contributed by atoms with van der Waals surface area (Å²) in [6, 6.07) is 13.5. The van der Waals surface area contributed by atoms with E-state index in [2.05, 4.69) is 19.9 Å². The van der Waals surface area contributed by atoms with Crippen molar-refractivity contribution >= 4 is 5.69 Å². The predicted molar refractivity (Wildman–Crippen MR) is 66.8 cm³/mol. The van der Waals surface area contributed by atoms with Crippen molar-refractivity contribution in [2.45, 2.75) is 13.8 Å². The number of hydrogen-bond acceptors (Lipinski definition) is 2. The SMILES string of the molecule is Cc1cccc(Oc2cccc(N)c2)c1C. The van der Waals surface area contributed by atoms with Crippen LogP contribution in [0.5, 0.6) is 11.5 Å². The first-order chi connectivity index (χ1) is 7.66. The van der Waals surface area contributed by atoms with Crippen LogP contribution in [-0.2, 0) is 0 Å². The molecule has 0 aliphatic rings. The highest BCUT2D eigenvalue weighted by Gasteiger charge is 2.03. The van der Waals surface area contributed by atoms with Crippen LogP contribution < -0.4 is 10.5 Å². The van der Waals surface area contributed by atoms with Gasteiger partial charge in [0.15, 0.2) is 0 Å². The predicted octanol–water partition coefficient (Wildman–Crippen LogP) is 3.68. The maximum atomic E-state index is 5.79. The molecule has 2 aromatic carbocycles. The van der Waals surface area contributed by atoms with Crippen LogP contribution in [-0.4, -0.2) is 0 Å². The Bertz CT molecular complexity index is 506. The van der Waals surface area contributed by atoms with Crippen LogP contribution in [0.25, 0.3) is 0 Å². The zero-order chi connectivity index (χ0) is 11.5. The average Bonchev–Trinajstić information content (AvgIpc) is 2.25. The van der Waals surface area contributed by atoms with E-state index in [1.54, 1.807) is 0 Å². The number of ether oxygens (including phenoxy) is 1. The van der Waals surface area contributed by atoms with E-state index in [0.29, 0.717) is 5.69 Å². The lowest BCUT2D eigenvalue weighted by Crippen LogP contribution is -1.91. The van der Waals surface area contributed by atoms with Gasteiger partial charge in [-0.15, -0.1) is 0 Å². The topological polar surface area (TPSA) is 35.2 Å². The summed E-state index contributed by atoms with van der Waals surface area (Å²) >= 11 is 0. The van der Waals surface area contributed by atoms with Crippen LogP contribution in [0.1, 0.15) is 11.1 Å². The molecule has 16 heavy (non-hydrogen) atoms. The van der Waals surface area contributed by atoms with Gasteiger partial charge in [0, 0.05) is 11.8 Å². The monoisotopic (exact) mass is 213 g/mol. The quantitative estimate of drug-likeness (QED) is 0.772. The molecule has 2 heteroatoms. The van der Waals surface area contributed by atoms with E-state index in [-0.39, 0.29) is 0 Å². The molecule has 0 spiro atoms. The van der Waals surface area contributed by atoms with E-state index in [1.165, 1.54) is 5.56 Å². The van der Waals surface area contributed by atoms with Crippen LogP contribution >= 0.6 is 0 Å². The number of anilines is 1. The highest BCUT2D eigenvalue weighted by molar-refractivity contribution is 5.47. The van der Waals surface area contributed by atoms with Crippen molar-refractivity contribution in [3.8, 4) is 11.5 Å². The largest absolute Gasteiger partial charge is 0.457 e. The minimum absolute atomic E-state index is 0.711. The van der Waals surface area contributed by atoms with Crippen molar-refractivity contribution in [2.75, 3.05) is 5.73 Å². The summed E-state index contributed by atoms with van der Waals surface area (Å²) in [6.07, 6.45) is 0. The van der Waals surface area contributed by atoms with Crippen LogP contribution in [0.4, 0.5) is 5.69 Å². The van der Waals surface area contributed by atoms with Gasteiger partial charge in [0.2, 0.25) is 0 Å². The Balaban J connectivity index is 2.31. The molecule has 0 amide bonds. The average molecular weight is 213 g/mol. The van der Waals surface area contributed by atoms with Gasteiger partial charge in [0.05, 0.1) is 0 Å². The Hall–Kier alpha value is -1.96. The number of hydrogen-bond donors (Lipinski definition) is 1. The van der Waals surface area contributed by atoms with Gasteiger partial charge in [-0.1, -0.05) is 18.2 Å². The van der Waals surface area contributed by atoms with Gasteiger partial charge in [0.1, 0.15) is 11.5 Å². The minimum atomic E-state index is 0.711. The first kappa shape index (κ1) is 10.6. The van der Waals surface area contributed by atoms with Gasteiger partial charge in [-0.3, -0.25) is 0 Å². The molecule has 0 aromatic heterocycles. The zero-order valence-electron chi connectivity index (χ0n) is 9.53. The van der Waals surface area contributed by atoms with Gasteiger partial charge in [0.25, 0.3) is 0 Å². The second-order valence-corrected chi connectivity index (χ2v) is 3.87. The lowest BCUT2D eigenvalue weighted by molar-refractivity contribution is 0.478. The smallest absolute Gasteiger partial charge is 0.130 e. The van der Waals surface area contributed by atoms with Crippen molar-refractivity contribution in [1.82, 2.24) is 0 Å². The number of aryl methyl sites for hydroxylation is 1. The molecular formula is C14H15NO. The van der Waals surface area contributed by atoms with Crippen molar-refractivity contribution in [1.29, 1.82) is 0 Å². The highest BCUT2D eigenvalue weighted by Crippen LogP contribution is 2.27. The van der Waals surface area contributed by atoms with E-state index >= 15 is 0 Å². The summed E-state index contributed by atoms with van der Waals surface area (Å²) in [6.45, 7) is 4.12. The Kier molecular flexibility index (Phi) is 2.82. The molecule has 82 valence electrons. The summed E-state index contributed by atoms with van der Waals surface area (Å²) in [4.78, 5) is 0. The molecule has 0 atom stereocenters. The molecule has 2 aromatic rings. The molecule has 2 N–H and O–H groups in total. The van der Waals surface area contributed by atoms with Crippen LogP contribution in [0.3, 0.4) is 0 Å². The van der Waals surface area contributed by atoms with E-state index in [9.17, 15) is 0 Å². The Morgan fingerprint density at radius 2 is 1.75 bits per heavy atom. The zero-order valence-corrected chi connectivity index (χ0v) is 9.53. The van der Waals surface area contributed by atoms with Gasteiger partial charge in [-0.25, -0.2) is 0 Å². The molecule has 0 saturated carbocycles. The second kappa shape index (κ2) is 4.27. The molecule has 0 heterocycles. The summed E-state index contributed by atoms with van der Waals surface area (Å²) in [5.74, 6) is 1.65. The van der Waals surface area contributed by atoms with E-state index < -0.39 is 0 Å². The summed E-state index contributed by atoms with van der Waals surface area (Å²) in [5.41, 5.74) is 8.79. The number of benzene rings is 2. The third kappa shape index (κ3) is 2.16. The standard InChI is InChI=1S/C14H15NO/c1-10-5-3-8-14(11(10)2)16-13-7-4-6-12(15)9-13/h3-9H,15H2,1-2H3. The first-order valence-electron chi connectivity index (χ1n) is 5.26. The fourth-order valence-electron chi connectivity index (χ4n) is 1.54. The van der Waals surface area contributed by atoms with Crippen LogP contribution in [0, 0.1) is 13.8 Å². The summed E-state index contributed by atoms with van der Waals surface area (Å²) in [5, 5.41) is 0. The molecule has 0 aliphatic heterocycles. The molecule has 0 aliphatic carbocycles. The third-order valence-electron chi connectivity index (χ3n) is 2.64.